The molecule has 186 valence electrons. The zero-order valence-electron chi connectivity index (χ0n) is 19.6. The molecule has 0 saturated carbocycles. The van der Waals surface area contributed by atoms with Gasteiger partial charge in [0.05, 0.1) is 0 Å². The van der Waals surface area contributed by atoms with Crippen molar-refractivity contribution in [3.63, 3.8) is 0 Å². The molecule has 1 aliphatic rings. The normalized spacial score (nSPS) is 16.0. The number of carboxylic acid groups (broad SMARTS) is 1. The average Bonchev–Trinajstić information content (AvgIpc) is 2.92. The smallest absolute Gasteiger partial charge is 0.328 e. The standard InChI is InChI=1S/C26H28N6O4/c33-23(29-16-22(25(35)36)31-24(34)18-6-2-1-3-7-18)19-9-11-21(12-10-19)32-15-4-8-20(17-32)30-26-27-13-5-14-28-26/h1-3,5-7,9-14,20,22H,4,8,15-17H2,(H,29,33)(H,31,34)(H,35,36)(H,27,28,30)/t20-,22-/m0/s1. The summed E-state index contributed by atoms with van der Waals surface area (Å²) in [6.07, 6.45) is 5.43. The van der Waals surface area contributed by atoms with Crippen LogP contribution in [0.4, 0.5) is 11.6 Å². The van der Waals surface area contributed by atoms with E-state index in [-0.39, 0.29) is 12.6 Å². The number of anilines is 2. The summed E-state index contributed by atoms with van der Waals surface area (Å²) < 4.78 is 0. The van der Waals surface area contributed by atoms with Gasteiger partial charge in [-0.25, -0.2) is 14.8 Å². The molecule has 10 nitrogen and oxygen atoms in total. The van der Waals surface area contributed by atoms with Crippen LogP contribution in [-0.4, -0.2) is 64.6 Å². The number of rotatable bonds is 9. The number of carbonyl (C=O) groups excluding carboxylic acids is 2. The third-order valence-electron chi connectivity index (χ3n) is 5.92. The molecule has 10 heteroatoms. The second-order valence-corrected chi connectivity index (χ2v) is 8.49. The highest BCUT2D eigenvalue weighted by atomic mass is 16.4. The molecule has 1 fully saturated rings. The van der Waals surface area contributed by atoms with E-state index in [4.69, 9.17) is 0 Å². The molecule has 0 aliphatic carbocycles. The van der Waals surface area contributed by atoms with Crippen molar-refractivity contribution in [2.75, 3.05) is 29.9 Å². The van der Waals surface area contributed by atoms with Gasteiger partial charge in [-0.15, -0.1) is 0 Å². The molecular weight excluding hydrogens is 460 g/mol. The van der Waals surface area contributed by atoms with Crippen LogP contribution in [0.2, 0.25) is 0 Å². The zero-order valence-corrected chi connectivity index (χ0v) is 19.6. The molecule has 4 N–H and O–H groups in total. The van der Waals surface area contributed by atoms with Gasteiger partial charge in [0, 0.05) is 54.9 Å². The molecule has 0 bridgehead atoms. The van der Waals surface area contributed by atoms with Gasteiger partial charge in [0.2, 0.25) is 5.95 Å². The van der Waals surface area contributed by atoms with Crippen molar-refractivity contribution >= 4 is 29.4 Å². The lowest BCUT2D eigenvalue weighted by atomic mass is 10.0. The Bertz CT molecular complexity index is 1170. The molecule has 2 amide bonds. The van der Waals surface area contributed by atoms with Crippen molar-refractivity contribution < 1.29 is 19.5 Å². The molecule has 2 heterocycles. The van der Waals surface area contributed by atoms with Crippen LogP contribution >= 0.6 is 0 Å². The van der Waals surface area contributed by atoms with Crippen molar-refractivity contribution in [2.24, 2.45) is 0 Å². The minimum atomic E-state index is -1.26. The lowest BCUT2D eigenvalue weighted by Crippen LogP contribution is -2.48. The summed E-state index contributed by atoms with van der Waals surface area (Å²) in [5.41, 5.74) is 1.74. The topological polar surface area (TPSA) is 137 Å². The lowest BCUT2D eigenvalue weighted by Gasteiger charge is -2.34. The van der Waals surface area contributed by atoms with E-state index in [0.717, 1.165) is 31.6 Å². The van der Waals surface area contributed by atoms with E-state index in [9.17, 15) is 19.5 Å². The van der Waals surface area contributed by atoms with Crippen molar-refractivity contribution in [3.8, 4) is 0 Å². The Morgan fingerprint density at radius 1 is 0.944 bits per heavy atom. The number of piperidine rings is 1. The number of carbonyl (C=O) groups is 3. The Morgan fingerprint density at radius 2 is 1.64 bits per heavy atom. The first-order valence-electron chi connectivity index (χ1n) is 11.7. The first-order valence-corrected chi connectivity index (χ1v) is 11.7. The quantitative estimate of drug-likeness (QED) is 0.360. The fraction of sp³-hybridized carbons (Fsp3) is 0.269. The summed E-state index contributed by atoms with van der Waals surface area (Å²) in [7, 11) is 0. The first kappa shape index (κ1) is 24.6. The van der Waals surface area contributed by atoms with Crippen molar-refractivity contribution in [3.05, 3.63) is 84.2 Å². The van der Waals surface area contributed by atoms with Gasteiger partial charge < -0.3 is 26.0 Å². The summed E-state index contributed by atoms with van der Waals surface area (Å²) in [5, 5.41) is 17.9. The molecule has 3 aromatic rings. The second kappa shape index (κ2) is 11.8. The summed E-state index contributed by atoms with van der Waals surface area (Å²) in [5.74, 6) is -1.56. The van der Waals surface area contributed by atoms with Gasteiger partial charge >= 0.3 is 5.97 Å². The number of aromatic nitrogens is 2. The molecule has 1 aliphatic heterocycles. The predicted octanol–water partition coefficient (Wildman–Crippen LogP) is 2.17. The van der Waals surface area contributed by atoms with Crippen LogP contribution in [0.5, 0.6) is 0 Å². The molecule has 1 aromatic heterocycles. The second-order valence-electron chi connectivity index (χ2n) is 8.49. The number of nitrogens with zero attached hydrogens (tertiary/aromatic N) is 3. The molecular formula is C26H28N6O4. The maximum absolute atomic E-state index is 12.6. The number of benzene rings is 2. The number of amides is 2. The van der Waals surface area contributed by atoms with E-state index in [1.165, 1.54) is 0 Å². The molecule has 4 rings (SSSR count). The van der Waals surface area contributed by atoms with Gasteiger partial charge in [0.25, 0.3) is 11.8 Å². The van der Waals surface area contributed by atoms with Gasteiger partial charge in [0.15, 0.2) is 0 Å². The number of carboxylic acids is 1. The third kappa shape index (κ3) is 6.56. The summed E-state index contributed by atoms with van der Waals surface area (Å²) >= 11 is 0. The van der Waals surface area contributed by atoms with Crippen LogP contribution in [-0.2, 0) is 4.79 Å². The molecule has 2 atom stereocenters. The maximum atomic E-state index is 12.6. The Hall–Kier alpha value is -4.47. The number of nitrogens with one attached hydrogen (secondary N) is 3. The predicted molar refractivity (Wildman–Crippen MR) is 135 cm³/mol. The zero-order chi connectivity index (χ0) is 25.3. The van der Waals surface area contributed by atoms with Gasteiger partial charge in [-0.05, 0) is 55.3 Å². The Morgan fingerprint density at radius 3 is 2.33 bits per heavy atom. The summed E-state index contributed by atoms with van der Waals surface area (Å²) in [6.45, 7) is 1.45. The maximum Gasteiger partial charge on any atom is 0.328 e. The largest absolute Gasteiger partial charge is 0.480 e. The van der Waals surface area contributed by atoms with Gasteiger partial charge in [-0.1, -0.05) is 18.2 Å². The SMILES string of the molecule is O=C(NC[C@H](NC(=O)c1ccccc1)C(=O)O)c1ccc(N2CCC[C@H](Nc3ncccn3)C2)cc1. The first-order chi connectivity index (χ1) is 17.5. The van der Waals surface area contributed by atoms with Crippen molar-refractivity contribution in [1.29, 1.82) is 0 Å². The van der Waals surface area contributed by atoms with E-state index < -0.39 is 23.8 Å². The summed E-state index contributed by atoms with van der Waals surface area (Å²) in [6, 6.07) is 16.2. The minimum absolute atomic E-state index is 0.211. The van der Waals surface area contributed by atoms with E-state index in [2.05, 4.69) is 30.8 Å². The lowest BCUT2D eigenvalue weighted by molar-refractivity contribution is -0.139. The van der Waals surface area contributed by atoms with Gasteiger partial charge in [0.1, 0.15) is 6.04 Å². The van der Waals surface area contributed by atoms with Gasteiger partial charge in [-0.2, -0.15) is 0 Å². The Balaban J connectivity index is 1.31. The minimum Gasteiger partial charge on any atom is -0.480 e. The van der Waals surface area contributed by atoms with Crippen molar-refractivity contribution in [2.45, 2.75) is 24.9 Å². The van der Waals surface area contributed by atoms with Crippen LogP contribution in [0, 0.1) is 0 Å². The van der Waals surface area contributed by atoms with E-state index in [0.29, 0.717) is 17.1 Å². The highest BCUT2D eigenvalue weighted by Gasteiger charge is 2.23. The van der Waals surface area contributed by atoms with E-state index in [1.54, 1.807) is 60.9 Å². The number of hydrogen-bond donors (Lipinski definition) is 4. The van der Waals surface area contributed by atoms with Crippen LogP contribution in [0.1, 0.15) is 33.6 Å². The highest BCUT2D eigenvalue weighted by Crippen LogP contribution is 2.22. The van der Waals surface area contributed by atoms with Crippen LogP contribution < -0.4 is 20.9 Å². The fourth-order valence-electron chi connectivity index (χ4n) is 4.04. The molecule has 2 aromatic carbocycles. The molecule has 1 saturated heterocycles. The van der Waals surface area contributed by atoms with E-state index >= 15 is 0 Å². The van der Waals surface area contributed by atoms with Crippen molar-refractivity contribution in [1.82, 2.24) is 20.6 Å². The number of hydrogen-bond acceptors (Lipinski definition) is 7. The Labute approximate surface area is 208 Å². The molecule has 0 spiro atoms. The fourth-order valence-corrected chi connectivity index (χ4v) is 4.04. The van der Waals surface area contributed by atoms with Crippen LogP contribution in [0.3, 0.4) is 0 Å². The highest BCUT2D eigenvalue weighted by molar-refractivity contribution is 5.97. The van der Waals surface area contributed by atoms with Crippen LogP contribution in [0.15, 0.2) is 73.1 Å². The third-order valence-corrected chi connectivity index (χ3v) is 5.92. The monoisotopic (exact) mass is 488 g/mol. The average molecular weight is 489 g/mol. The molecule has 0 radical (unpaired) electrons. The van der Waals surface area contributed by atoms with Gasteiger partial charge in [-0.3, -0.25) is 9.59 Å². The molecule has 0 unspecified atom stereocenters. The van der Waals surface area contributed by atoms with E-state index in [1.807, 2.05) is 12.1 Å². The number of aliphatic carboxylic acids is 1. The molecule has 36 heavy (non-hydrogen) atoms. The van der Waals surface area contributed by atoms with Crippen LogP contribution in [0.25, 0.3) is 0 Å². The summed E-state index contributed by atoms with van der Waals surface area (Å²) in [4.78, 5) is 47.2. The Kier molecular flexibility index (Phi) is 8.07.